The number of benzene rings is 2. The third-order valence-corrected chi connectivity index (χ3v) is 3.36. The maximum Gasteiger partial charge on any atom is 0.282 e. The van der Waals surface area contributed by atoms with Crippen LogP contribution in [0.5, 0.6) is 0 Å². The molecule has 2 aromatic carbocycles. The van der Waals surface area contributed by atoms with E-state index >= 15 is 0 Å². The van der Waals surface area contributed by atoms with Crippen molar-refractivity contribution in [1.29, 1.82) is 0 Å². The molecule has 0 radical (unpaired) electrons. The van der Waals surface area contributed by atoms with Crippen LogP contribution in [0.2, 0.25) is 0 Å². The van der Waals surface area contributed by atoms with Crippen LogP contribution in [0.25, 0.3) is 0 Å². The second kappa shape index (κ2) is 6.46. The van der Waals surface area contributed by atoms with Gasteiger partial charge < -0.3 is 0 Å². The van der Waals surface area contributed by atoms with Crippen molar-refractivity contribution in [2.75, 3.05) is 0 Å². The average Bonchev–Trinajstić information content (AvgIpc) is 2.40. The van der Waals surface area contributed by atoms with Gasteiger partial charge >= 0.3 is 0 Å². The first kappa shape index (κ1) is 16.5. The van der Waals surface area contributed by atoms with Gasteiger partial charge in [-0.2, -0.15) is 0 Å². The van der Waals surface area contributed by atoms with Crippen LogP contribution in [-0.4, -0.2) is 12.1 Å². The van der Waals surface area contributed by atoms with Gasteiger partial charge in [-0.1, -0.05) is 18.2 Å². The first-order valence-electron chi connectivity index (χ1n) is 6.81. The summed E-state index contributed by atoms with van der Waals surface area (Å²) in [5.74, 6) is -4.59. The van der Waals surface area contributed by atoms with Gasteiger partial charge in [0, 0.05) is 6.42 Å². The number of rotatable bonds is 5. The summed E-state index contributed by atoms with van der Waals surface area (Å²) in [6, 6.07) is 9.25. The van der Waals surface area contributed by atoms with Crippen molar-refractivity contribution < 1.29 is 22.0 Å². The van der Waals surface area contributed by atoms with Gasteiger partial charge in [-0.15, -0.1) is 0 Å². The minimum absolute atomic E-state index is 0.0339. The van der Waals surface area contributed by atoms with Gasteiger partial charge in [0.05, 0.1) is 0 Å². The van der Waals surface area contributed by atoms with Crippen molar-refractivity contribution in [3.05, 3.63) is 70.8 Å². The Morgan fingerprint density at radius 1 is 0.864 bits per heavy atom. The van der Waals surface area contributed by atoms with Crippen LogP contribution in [-0.2, 0) is 12.8 Å². The molecule has 118 valence electrons. The van der Waals surface area contributed by atoms with E-state index in [0.29, 0.717) is 5.56 Å². The summed E-state index contributed by atoms with van der Waals surface area (Å²) < 4.78 is 66.1. The minimum Gasteiger partial charge on any atom is -0.241 e. The number of halogens is 5. The Morgan fingerprint density at radius 3 is 2.05 bits per heavy atom. The Hall–Kier alpha value is -1.91. The van der Waals surface area contributed by atoms with Crippen molar-refractivity contribution in [3.63, 3.8) is 0 Å². The van der Waals surface area contributed by atoms with E-state index in [9.17, 15) is 22.0 Å². The average molecular weight is 314 g/mol. The van der Waals surface area contributed by atoms with Crippen molar-refractivity contribution in [2.45, 2.75) is 31.9 Å². The van der Waals surface area contributed by atoms with Crippen molar-refractivity contribution in [2.24, 2.45) is 0 Å². The van der Waals surface area contributed by atoms with Crippen LogP contribution in [0.1, 0.15) is 23.6 Å². The zero-order valence-corrected chi connectivity index (χ0v) is 11.9. The normalized spacial score (nSPS) is 13.2. The molecule has 0 aliphatic heterocycles. The second-order valence-corrected chi connectivity index (χ2v) is 5.32. The molecule has 1 unspecified atom stereocenters. The fourth-order valence-electron chi connectivity index (χ4n) is 2.17. The third kappa shape index (κ3) is 4.29. The molecule has 0 amide bonds. The summed E-state index contributed by atoms with van der Waals surface area (Å²) in [4.78, 5) is 0. The summed E-state index contributed by atoms with van der Waals surface area (Å²) >= 11 is 0. The summed E-state index contributed by atoms with van der Waals surface area (Å²) in [6.07, 6.45) is -2.89. The van der Waals surface area contributed by atoms with Crippen molar-refractivity contribution in [1.82, 2.24) is 0 Å². The number of hydrogen-bond donors (Lipinski definition) is 0. The molecule has 5 heteroatoms. The maximum absolute atomic E-state index is 13.6. The Morgan fingerprint density at radius 2 is 1.45 bits per heavy atom. The molecular formula is C17H15F5. The highest BCUT2D eigenvalue weighted by molar-refractivity contribution is 5.31. The van der Waals surface area contributed by atoms with E-state index in [0.717, 1.165) is 18.6 Å². The van der Waals surface area contributed by atoms with Crippen LogP contribution in [0.4, 0.5) is 22.0 Å². The fourth-order valence-corrected chi connectivity index (χ4v) is 2.17. The molecule has 0 fully saturated rings. The van der Waals surface area contributed by atoms with Gasteiger partial charge in [0.15, 0.2) is 6.17 Å². The standard InChI is InChI=1S/C17H15F5/c1-11(18)17(21,22)10-14-7-13(8-16(20)9-14)6-12-2-4-15(19)5-3-12/h2-5,7-9,11H,6,10H2,1H3. The lowest BCUT2D eigenvalue weighted by atomic mass is 9.98. The van der Waals surface area contributed by atoms with Gasteiger partial charge in [-0.05, 0) is 54.3 Å². The lowest BCUT2D eigenvalue weighted by Crippen LogP contribution is -2.30. The first-order chi connectivity index (χ1) is 10.3. The lowest BCUT2D eigenvalue weighted by molar-refractivity contribution is -0.0638. The van der Waals surface area contributed by atoms with E-state index in [4.69, 9.17) is 0 Å². The number of hydrogen-bond acceptors (Lipinski definition) is 0. The first-order valence-corrected chi connectivity index (χ1v) is 6.81. The molecule has 0 saturated carbocycles. The molecule has 0 nitrogen and oxygen atoms in total. The molecule has 1 atom stereocenters. The van der Waals surface area contributed by atoms with E-state index in [-0.39, 0.29) is 17.8 Å². The van der Waals surface area contributed by atoms with Crippen LogP contribution in [0.15, 0.2) is 42.5 Å². The van der Waals surface area contributed by atoms with Crippen molar-refractivity contribution in [3.8, 4) is 0 Å². The summed E-state index contributed by atoms with van der Waals surface area (Å²) in [7, 11) is 0. The summed E-state index contributed by atoms with van der Waals surface area (Å²) in [6.45, 7) is 0.777. The highest BCUT2D eigenvalue weighted by Crippen LogP contribution is 2.27. The molecule has 0 aliphatic carbocycles. The largest absolute Gasteiger partial charge is 0.282 e. The molecule has 0 spiro atoms. The molecule has 0 aromatic heterocycles. The topological polar surface area (TPSA) is 0 Å². The molecule has 0 aliphatic rings. The fraction of sp³-hybridized carbons (Fsp3) is 0.294. The Balaban J connectivity index is 2.21. The smallest absolute Gasteiger partial charge is 0.241 e. The van der Waals surface area contributed by atoms with Gasteiger partial charge in [0.1, 0.15) is 11.6 Å². The maximum atomic E-state index is 13.6. The molecule has 2 rings (SSSR count). The van der Waals surface area contributed by atoms with Gasteiger partial charge in [0.25, 0.3) is 5.92 Å². The van der Waals surface area contributed by atoms with Gasteiger partial charge in [0.2, 0.25) is 0 Å². The highest BCUT2D eigenvalue weighted by atomic mass is 19.3. The van der Waals surface area contributed by atoms with Gasteiger partial charge in [-0.25, -0.2) is 22.0 Å². The highest BCUT2D eigenvalue weighted by Gasteiger charge is 2.36. The third-order valence-electron chi connectivity index (χ3n) is 3.36. The van der Waals surface area contributed by atoms with E-state index in [2.05, 4.69) is 0 Å². The Labute approximate surface area is 125 Å². The quantitative estimate of drug-likeness (QED) is 0.674. The van der Waals surface area contributed by atoms with Crippen LogP contribution < -0.4 is 0 Å². The van der Waals surface area contributed by atoms with Crippen LogP contribution in [0.3, 0.4) is 0 Å². The predicted octanol–water partition coefficient (Wildman–Crippen LogP) is 5.09. The monoisotopic (exact) mass is 314 g/mol. The second-order valence-electron chi connectivity index (χ2n) is 5.32. The Bertz CT molecular complexity index is 632. The molecule has 0 saturated heterocycles. The SMILES string of the molecule is CC(F)C(F)(F)Cc1cc(F)cc(Cc2ccc(F)cc2)c1. The molecule has 0 heterocycles. The van der Waals surface area contributed by atoms with E-state index < -0.39 is 24.3 Å². The summed E-state index contributed by atoms with van der Waals surface area (Å²) in [5, 5.41) is 0. The van der Waals surface area contributed by atoms with Crippen molar-refractivity contribution >= 4 is 0 Å². The van der Waals surface area contributed by atoms with Crippen LogP contribution in [0, 0.1) is 11.6 Å². The Kier molecular flexibility index (Phi) is 4.84. The molecule has 0 bridgehead atoms. The zero-order valence-electron chi connectivity index (χ0n) is 11.9. The summed E-state index contributed by atoms with van der Waals surface area (Å²) in [5.41, 5.74) is 1.24. The lowest BCUT2D eigenvalue weighted by Gasteiger charge is -2.18. The molecular weight excluding hydrogens is 299 g/mol. The van der Waals surface area contributed by atoms with Gasteiger partial charge in [-0.3, -0.25) is 0 Å². The molecule has 0 N–H and O–H groups in total. The zero-order chi connectivity index (χ0) is 16.3. The van der Waals surface area contributed by atoms with E-state index in [1.807, 2.05) is 0 Å². The molecule has 22 heavy (non-hydrogen) atoms. The predicted molar refractivity (Wildman–Crippen MR) is 74.8 cm³/mol. The van der Waals surface area contributed by atoms with E-state index in [1.54, 1.807) is 0 Å². The molecule has 2 aromatic rings. The van der Waals surface area contributed by atoms with Crippen LogP contribution >= 0.6 is 0 Å². The number of alkyl halides is 3. The van der Waals surface area contributed by atoms with E-state index in [1.165, 1.54) is 36.4 Å². The minimum atomic E-state index is -3.54.